The summed E-state index contributed by atoms with van der Waals surface area (Å²) >= 11 is 0. The molecule has 1 aromatic carbocycles. The van der Waals surface area contributed by atoms with E-state index in [-0.39, 0.29) is 48.6 Å². The zero-order chi connectivity index (χ0) is 31.6. The molecule has 1 aliphatic heterocycles. The SMILES string of the molecule is CN1CC[C@]23C[C@H](NC(Cc4cnc[nH]4)C(=O)N[C@@H](CCCN=C(N)N)C(=O)O)CC[C@H]2[C@H]1Cc1ccc(C(N)=O)c(O)c13. The summed E-state index contributed by atoms with van der Waals surface area (Å²) in [6, 6.07) is 1.87. The first-order valence-corrected chi connectivity index (χ1v) is 15.2. The fourth-order valence-electron chi connectivity index (χ4n) is 7.84. The van der Waals surface area contributed by atoms with Gasteiger partial charge in [0.25, 0.3) is 5.91 Å². The van der Waals surface area contributed by atoms with Gasteiger partial charge in [0.05, 0.1) is 17.9 Å². The van der Waals surface area contributed by atoms with Crippen LogP contribution in [0.25, 0.3) is 0 Å². The van der Waals surface area contributed by atoms with Gasteiger partial charge in [-0.3, -0.25) is 14.6 Å². The fourth-order valence-corrected chi connectivity index (χ4v) is 7.84. The van der Waals surface area contributed by atoms with E-state index in [0.29, 0.717) is 18.9 Å². The highest BCUT2D eigenvalue weighted by Gasteiger charge is 2.56. The van der Waals surface area contributed by atoms with Gasteiger partial charge in [0.2, 0.25) is 5.91 Å². The van der Waals surface area contributed by atoms with Gasteiger partial charge in [-0.15, -0.1) is 0 Å². The smallest absolute Gasteiger partial charge is 0.326 e. The number of fused-ring (bicyclic) bond motifs is 1. The summed E-state index contributed by atoms with van der Waals surface area (Å²) < 4.78 is 0. The summed E-state index contributed by atoms with van der Waals surface area (Å²) in [5.41, 5.74) is 18.7. The van der Waals surface area contributed by atoms with Gasteiger partial charge in [0.15, 0.2) is 5.96 Å². The highest BCUT2D eigenvalue weighted by atomic mass is 16.4. The molecule has 1 saturated carbocycles. The number of aromatic hydroxyl groups is 1. The molecule has 14 nitrogen and oxygen atoms in total. The van der Waals surface area contributed by atoms with Crippen molar-refractivity contribution >= 4 is 23.7 Å². The third-order valence-electron chi connectivity index (χ3n) is 9.84. The Labute approximate surface area is 255 Å². The first-order chi connectivity index (χ1) is 21.0. The molecule has 0 radical (unpaired) electrons. The first-order valence-electron chi connectivity index (χ1n) is 15.2. The summed E-state index contributed by atoms with van der Waals surface area (Å²) in [6.45, 7) is 1.09. The number of rotatable bonds is 12. The van der Waals surface area contributed by atoms with Gasteiger partial charge in [-0.2, -0.15) is 0 Å². The zero-order valence-electron chi connectivity index (χ0n) is 25.0. The lowest BCUT2D eigenvalue weighted by Gasteiger charge is -2.60. The fraction of sp³-hybridized carbons (Fsp3) is 0.567. The number of aliphatic imine (C=N–C) groups is 1. The quantitative estimate of drug-likeness (QED) is 0.0888. The Kier molecular flexibility index (Phi) is 9.11. The van der Waals surface area contributed by atoms with Crippen molar-refractivity contribution in [2.45, 2.75) is 80.9 Å². The van der Waals surface area contributed by atoms with E-state index in [1.54, 1.807) is 12.3 Å². The predicted octanol–water partition coefficient (Wildman–Crippen LogP) is -0.295. The number of imidazole rings is 1. The maximum atomic E-state index is 13.7. The Morgan fingerprint density at radius 1 is 1.23 bits per heavy atom. The van der Waals surface area contributed by atoms with Gasteiger partial charge < -0.3 is 47.9 Å². The number of carboxylic acids is 1. The van der Waals surface area contributed by atoms with Crippen LogP contribution in [-0.2, 0) is 27.8 Å². The van der Waals surface area contributed by atoms with Gasteiger partial charge >= 0.3 is 5.97 Å². The number of nitrogens with one attached hydrogen (secondary N) is 3. The second-order valence-electron chi connectivity index (χ2n) is 12.5. The second kappa shape index (κ2) is 12.8. The Bertz CT molecular complexity index is 1410. The minimum atomic E-state index is -1.14. The highest BCUT2D eigenvalue weighted by molar-refractivity contribution is 5.96. The second-order valence-corrected chi connectivity index (χ2v) is 12.5. The maximum Gasteiger partial charge on any atom is 0.326 e. The van der Waals surface area contributed by atoms with Crippen molar-refractivity contribution in [3.8, 4) is 5.75 Å². The molecule has 2 aliphatic carbocycles. The molecule has 238 valence electrons. The van der Waals surface area contributed by atoms with Gasteiger partial charge in [0, 0.05) is 47.9 Å². The molecule has 6 atom stereocenters. The molecule has 5 rings (SSSR count). The number of primary amides is 1. The number of nitrogens with two attached hydrogens (primary N) is 3. The summed E-state index contributed by atoms with van der Waals surface area (Å²) in [5.74, 6) is -2.07. The number of carbonyl (C=O) groups is 3. The average Bonchev–Trinajstić information content (AvgIpc) is 3.48. The van der Waals surface area contributed by atoms with Crippen molar-refractivity contribution in [2.24, 2.45) is 28.1 Å². The number of aromatic amines is 1. The average molecular weight is 610 g/mol. The van der Waals surface area contributed by atoms with Crippen LogP contribution in [0.3, 0.4) is 0 Å². The van der Waals surface area contributed by atoms with E-state index < -0.39 is 35.3 Å². The number of aliphatic carboxylic acids is 1. The molecular weight excluding hydrogens is 566 g/mol. The van der Waals surface area contributed by atoms with Gasteiger partial charge in [-0.25, -0.2) is 9.78 Å². The zero-order valence-corrected chi connectivity index (χ0v) is 25.0. The minimum Gasteiger partial charge on any atom is -0.507 e. The number of benzene rings is 1. The number of aromatic nitrogens is 2. The largest absolute Gasteiger partial charge is 0.507 e. The number of guanidine groups is 1. The van der Waals surface area contributed by atoms with E-state index >= 15 is 0 Å². The van der Waals surface area contributed by atoms with Crippen LogP contribution in [0, 0.1) is 5.92 Å². The van der Waals surface area contributed by atoms with Crippen LogP contribution >= 0.6 is 0 Å². The van der Waals surface area contributed by atoms with Crippen molar-refractivity contribution in [3.05, 3.63) is 47.0 Å². The van der Waals surface area contributed by atoms with Crippen molar-refractivity contribution in [3.63, 3.8) is 0 Å². The predicted molar refractivity (Wildman–Crippen MR) is 163 cm³/mol. The molecular formula is C30H43N9O5. The van der Waals surface area contributed by atoms with Crippen molar-refractivity contribution in [1.82, 2.24) is 25.5 Å². The summed E-state index contributed by atoms with van der Waals surface area (Å²) in [6.07, 6.45) is 7.90. The number of piperidine rings is 1. The van der Waals surface area contributed by atoms with Crippen LogP contribution in [0.2, 0.25) is 0 Å². The van der Waals surface area contributed by atoms with Crippen molar-refractivity contribution in [1.29, 1.82) is 0 Å². The number of carboxylic acid groups (broad SMARTS) is 1. The number of hydrogen-bond acceptors (Lipinski definition) is 8. The Hall–Kier alpha value is -4.17. The van der Waals surface area contributed by atoms with E-state index in [1.807, 2.05) is 6.07 Å². The monoisotopic (exact) mass is 609 g/mol. The van der Waals surface area contributed by atoms with Crippen LogP contribution < -0.4 is 27.8 Å². The van der Waals surface area contributed by atoms with E-state index in [0.717, 1.165) is 49.0 Å². The van der Waals surface area contributed by atoms with Crippen molar-refractivity contribution < 1.29 is 24.6 Å². The number of hydrogen-bond donors (Lipinski definition) is 8. The molecule has 11 N–H and O–H groups in total. The number of carbonyl (C=O) groups excluding carboxylic acids is 2. The summed E-state index contributed by atoms with van der Waals surface area (Å²) in [4.78, 5) is 51.3. The summed E-state index contributed by atoms with van der Waals surface area (Å²) in [7, 11) is 2.14. The normalized spacial score (nSPS) is 25.6. The van der Waals surface area contributed by atoms with E-state index in [2.05, 4.69) is 37.5 Å². The number of likely N-dealkylation sites (tertiary alicyclic amines) is 1. The van der Waals surface area contributed by atoms with E-state index in [4.69, 9.17) is 17.2 Å². The topological polar surface area (TPSA) is 238 Å². The molecule has 2 aromatic rings. The molecule has 0 spiro atoms. The third kappa shape index (κ3) is 6.22. The lowest BCUT2D eigenvalue weighted by Crippen LogP contribution is -2.63. The number of likely N-dealkylation sites (N-methyl/N-ethyl adjacent to an activating group) is 1. The van der Waals surface area contributed by atoms with Crippen LogP contribution in [-0.4, -0.2) is 93.1 Å². The number of phenols is 1. The van der Waals surface area contributed by atoms with E-state index in [1.165, 1.54) is 6.33 Å². The van der Waals surface area contributed by atoms with Gasteiger partial charge in [-0.1, -0.05) is 6.07 Å². The molecule has 44 heavy (non-hydrogen) atoms. The lowest BCUT2D eigenvalue weighted by atomic mass is 9.51. The van der Waals surface area contributed by atoms with Gasteiger partial charge in [0.1, 0.15) is 11.8 Å². The molecule has 1 saturated heterocycles. The molecule has 2 fully saturated rings. The minimum absolute atomic E-state index is 0.0274. The Balaban J connectivity index is 1.40. The van der Waals surface area contributed by atoms with Crippen LogP contribution in [0.4, 0.5) is 0 Å². The van der Waals surface area contributed by atoms with E-state index in [9.17, 15) is 24.6 Å². The molecule has 2 amide bonds. The standard InChI is InChI=1S/C30H43N9O5/c1-39-10-8-30-13-17(5-7-20(30)23(39)11-16-4-6-19(26(31)41)25(40)24(16)30)37-22(12-18-14-34-15-36-18)27(42)38-21(28(43)44)3-2-9-35-29(32)33/h4,6,14-15,17,20-23,37,40H,2-3,5,7-13H2,1H3,(H2,31,41)(H,34,36)(H,38,42)(H,43,44)(H4,32,33,35)/t17-,20+,21+,22?,23-,30+/m1/s1. The molecule has 2 bridgehead atoms. The number of H-pyrrole nitrogens is 1. The van der Waals surface area contributed by atoms with Crippen molar-refractivity contribution in [2.75, 3.05) is 20.1 Å². The molecule has 3 aliphatic rings. The lowest BCUT2D eigenvalue weighted by molar-refractivity contribution is -0.142. The van der Waals surface area contributed by atoms with Crippen LogP contribution in [0.5, 0.6) is 5.75 Å². The molecule has 2 heterocycles. The Morgan fingerprint density at radius 2 is 2.02 bits per heavy atom. The third-order valence-corrected chi connectivity index (χ3v) is 9.84. The molecule has 1 aromatic heterocycles. The highest BCUT2D eigenvalue weighted by Crippen LogP contribution is 2.58. The number of nitrogens with zero attached hydrogens (tertiary/aromatic N) is 3. The molecule has 14 heteroatoms. The summed E-state index contributed by atoms with van der Waals surface area (Å²) in [5, 5.41) is 27.5. The van der Waals surface area contributed by atoms with Gasteiger partial charge in [-0.05, 0) is 76.1 Å². The number of amides is 2. The molecule has 1 unspecified atom stereocenters. The van der Waals surface area contributed by atoms with Crippen LogP contribution in [0.1, 0.15) is 65.7 Å². The van der Waals surface area contributed by atoms with Crippen LogP contribution in [0.15, 0.2) is 29.6 Å². The maximum absolute atomic E-state index is 13.7. The Morgan fingerprint density at radius 3 is 2.70 bits per heavy atom. The first kappa shape index (κ1) is 31.3.